The van der Waals surface area contributed by atoms with Crippen molar-refractivity contribution in [3.8, 4) is 0 Å². The predicted octanol–water partition coefficient (Wildman–Crippen LogP) is 4.36. The van der Waals surface area contributed by atoms with Gasteiger partial charge < -0.3 is 21.1 Å². The number of aromatic nitrogens is 1. The van der Waals surface area contributed by atoms with Gasteiger partial charge in [-0.2, -0.15) is 0 Å². The molecule has 2 heterocycles. The van der Waals surface area contributed by atoms with Crippen molar-refractivity contribution < 1.29 is 29.1 Å². The molecule has 0 saturated carbocycles. The van der Waals surface area contributed by atoms with Crippen LogP contribution >= 0.6 is 23.7 Å². The van der Waals surface area contributed by atoms with E-state index >= 15 is 0 Å². The highest BCUT2D eigenvalue weighted by molar-refractivity contribution is 7.11. The van der Waals surface area contributed by atoms with Crippen molar-refractivity contribution in [3.63, 3.8) is 0 Å². The first kappa shape index (κ1) is 39.8. The number of thiazole rings is 1. The number of nitrogens with one attached hydrogen (secondary N) is 3. The molecule has 0 spiro atoms. The van der Waals surface area contributed by atoms with Crippen LogP contribution in [0.5, 0.6) is 0 Å². The number of Topliss-reactive ketones (excluding diaryl/α,β-unsaturated/α-hetero) is 1. The lowest BCUT2D eigenvalue weighted by molar-refractivity contribution is -0.141. The molecule has 1 saturated heterocycles. The number of amides is 3. The van der Waals surface area contributed by atoms with Gasteiger partial charge in [0.2, 0.25) is 11.8 Å². The third-order valence-electron chi connectivity index (χ3n) is 8.85. The minimum absolute atomic E-state index is 0. The first-order valence-corrected chi connectivity index (χ1v) is 17.1. The summed E-state index contributed by atoms with van der Waals surface area (Å²) in [6, 6.07) is 7.55. The summed E-state index contributed by atoms with van der Waals surface area (Å²) < 4.78 is 0. The van der Waals surface area contributed by atoms with E-state index in [0.717, 1.165) is 36.3 Å². The second kappa shape index (κ2) is 18.8. The second-order valence-electron chi connectivity index (χ2n) is 12.9. The van der Waals surface area contributed by atoms with Crippen LogP contribution in [0.1, 0.15) is 92.6 Å². The number of likely N-dealkylation sites (N-methyl/N-ethyl adjacent to an activating group) is 1. The summed E-state index contributed by atoms with van der Waals surface area (Å²) in [5.41, 5.74) is 1.04. The highest BCUT2D eigenvalue weighted by Gasteiger charge is 2.34. The molecule has 1 aliphatic heterocycles. The predicted molar refractivity (Wildman–Crippen MR) is 185 cm³/mol. The van der Waals surface area contributed by atoms with Gasteiger partial charge in [-0.05, 0) is 56.7 Å². The topological polar surface area (TPSA) is 158 Å². The molecule has 0 bridgehead atoms. The minimum Gasteiger partial charge on any atom is -0.481 e. The van der Waals surface area contributed by atoms with Crippen molar-refractivity contribution in [3.05, 3.63) is 52.0 Å². The van der Waals surface area contributed by atoms with Gasteiger partial charge in [-0.25, -0.2) is 4.98 Å². The Morgan fingerprint density at radius 1 is 1.04 bits per heavy atom. The molecule has 1 aliphatic rings. The van der Waals surface area contributed by atoms with E-state index in [1.165, 1.54) is 5.38 Å². The van der Waals surface area contributed by atoms with Crippen molar-refractivity contribution in [2.75, 3.05) is 13.6 Å². The lowest BCUT2D eigenvalue weighted by Crippen LogP contribution is -2.56. The van der Waals surface area contributed by atoms with Crippen LogP contribution in [-0.4, -0.2) is 82.2 Å². The minimum atomic E-state index is -0.945. The molecule has 0 unspecified atom stereocenters. The Morgan fingerprint density at radius 3 is 2.30 bits per heavy atom. The SMILES string of the molecule is CC[C@H](C)[C@H](NC(=O)[C@@H]1CCCN1C)C(=O)N[C@H](CC(=O)c1nc(C(=O)N[C@@H](Cc2ccccc2)C[C@H](C)C(=O)O)cs1)C(C)C.Cl. The average Bonchev–Trinajstić information content (AvgIpc) is 3.69. The summed E-state index contributed by atoms with van der Waals surface area (Å²) in [5, 5.41) is 20.0. The molecule has 4 N–H and O–H groups in total. The number of carbonyl (C=O) groups excluding carboxylic acids is 4. The number of carbonyl (C=O) groups is 5. The summed E-state index contributed by atoms with van der Waals surface area (Å²) >= 11 is 1.06. The van der Waals surface area contributed by atoms with E-state index in [2.05, 4.69) is 20.9 Å². The van der Waals surface area contributed by atoms with Crippen LogP contribution in [0.25, 0.3) is 0 Å². The fourth-order valence-electron chi connectivity index (χ4n) is 5.59. The molecule has 0 radical (unpaired) electrons. The largest absolute Gasteiger partial charge is 0.481 e. The number of hydrogen-bond acceptors (Lipinski definition) is 8. The lowest BCUT2D eigenvalue weighted by atomic mass is 9.94. The van der Waals surface area contributed by atoms with Gasteiger partial charge in [0, 0.05) is 23.9 Å². The Labute approximate surface area is 288 Å². The molecule has 1 aromatic carbocycles. The maximum absolute atomic E-state index is 13.5. The van der Waals surface area contributed by atoms with Crippen LogP contribution in [0.15, 0.2) is 35.7 Å². The number of carboxylic acid groups (broad SMARTS) is 1. The average molecular weight is 692 g/mol. The van der Waals surface area contributed by atoms with E-state index < -0.39 is 35.9 Å². The second-order valence-corrected chi connectivity index (χ2v) is 13.7. The zero-order chi connectivity index (χ0) is 34.0. The number of nitrogens with zero attached hydrogens (tertiary/aromatic N) is 2. The van der Waals surface area contributed by atoms with Gasteiger partial charge in [-0.1, -0.05) is 71.4 Å². The standard InChI is InChI=1S/C34H49N5O6S.ClH/c1-7-21(4)29(38-31(42)27-14-11-15-39(27)6)32(43)36-25(20(2)3)18-28(40)33-37-26(19-46-33)30(41)35-24(16-22(5)34(44)45)17-23-12-9-8-10-13-23;/h8-10,12-13,19-22,24-25,27,29H,7,11,14-18H2,1-6H3,(H,35,41)(H,36,43)(H,38,42)(H,44,45);1H/t21-,22-,24+,25+,27-,29-;/m0./s1. The van der Waals surface area contributed by atoms with Gasteiger partial charge in [0.05, 0.1) is 12.0 Å². The van der Waals surface area contributed by atoms with Crippen LogP contribution in [0.2, 0.25) is 0 Å². The summed E-state index contributed by atoms with van der Waals surface area (Å²) in [5.74, 6) is -3.07. The third-order valence-corrected chi connectivity index (χ3v) is 9.73. The summed E-state index contributed by atoms with van der Waals surface area (Å²) in [6.45, 7) is 10.2. The number of halogens is 1. The Balaban J connectivity index is 0.00000768. The maximum Gasteiger partial charge on any atom is 0.306 e. The van der Waals surface area contributed by atoms with E-state index in [1.54, 1.807) is 6.92 Å². The molecule has 3 rings (SSSR count). The number of benzene rings is 1. The molecule has 47 heavy (non-hydrogen) atoms. The Kier molecular flexibility index (Phi) is 16.0. The van der Waals surface area contributed by atoms with Crippen molar-refractivity contribution in [1.29, 1.82) is 0 Å². The van der Waals surface area contributed by atoms with Gasteiger partial charge in [0.1, 0.15) is 11.7 Å². The van der Waals surface area contributed by atoms with Crippen molar-refractivity contribution in [2.24, 2.45) is 17.8 Å². The van der Waals surface area contributed by atoms with E-state index in [-0.39, 0.29) is 71.4 Å². The molecule has 2 aromatic rings. The zero-order valence-corrected chi connectivity index (χ0v) is 29.8. The molecule has 0 aliphatic carbocycles. The molecule has 1 aromatic heterocycles. The fourth-order valence-corrected chi connectivity index (χ4v) is 6.34. The van der Waals surface area contributed by atoms with Gasteiger partial charge in [0.25, 0.3) is 5.91 Å². The molecular formula is C34H50ClN5O6S. The highest BCUT2D eigenvalue weighted by Crippen LogP contribution is 2.20. The van der Waals surface area contributed by atoms with Crippen LogP contribution in [0, 0.1) is 17.8 Å². The number of rotatable bonds is 17. The number of ketones is 1. The number of likely N-dealkylation sites (tertiary alicyclic amines) is 1. The van der Waals surface area contributed by atoms with Gasteiger partial charge in [-0.15, -0.1) is 23.7 Å². The lowest BCUT2D eigenvalue weighted by Gasteiger charge is -2.29. The quantitative estimate of drug-likeness (QED) is 0.178. The molecule has 1 fully saturated rings. The first-order chi connectivity index (χ1) is 21.8. The third kappa shape index (κ3) is 11.7. The van der Waals surface area contributed by atoms with Crippen LogP contribution < -0.4 is 16.0 Å². The molecule has 13 heteroatoms. The van der Waals surface area contributed by atoms with Crippen molar-refractivity contribution in [1.82, 2.24) is 25.8 Å². The zero-order valence-electron chi connectivity index (χ0n) is 28.2. The Hall–Kier alpha value is -3.35. The molecule has 6 atom stereocenters. The fraction of sp³-hybridized carbons (Fsp3) is 0.588. The number of carboxylic acids is 1. The monoisotopic (exact) mass is 691 g/mol. The van der Waals surface area contributed by atoms with E-state index in [1.807, 2.05) is 70.0 Å². The smallest absolute Gasteiger partial charge is 0.306 e. The van der Waals surface area contributed by atoms with E-state index in [0.29, 0.717) is 12.8 Å². The maximum atomic E-state index is 13.5. The first-order valence-electron chi connectivity index (χ1n) is 16.2. The van der Waals surface area contributed by atoms with Crippen LogP contribution in [0.4, 0.5) is 0 Å². The van der Waals surface area contributed by atoms with E-state index in [4.69, 9.17) is 0 Å². The highest BCUT2D eigenvalue weighted by atomic mass is 35.5. The summed E-state index contributed by atoms with van der Waals surface area (Å²) in [6.07, 6.45) is 3.04. The molecule has 11 nitrogen and oxygen atoms in total. The van der Waals surface area contributed by atoms with Gasteiger partial charge >= 0.3 is 5.97 Å². The van der Waals surface area contributed by atoms with Gasteiger partial charge in [0.15, 0.2) is 10.8 Å². The number of hydrogen-bond donors (Lipinski definition) is 4. The summed E-state index contributed by atoms with van der Waals surface area (Å²) in [7, 11) is 1.91. The Morgan fingerprint density at radius 2 is 1.72 bits per heavy atom. The van der Waals surface area contributed by atoms with Gasteiger partial charge in [-0.3, -0.25) is 28.9 Å². The number of aliphatic carboxylic acids is 1. The molecule has 260 valence electrons. The molecule has 3 amide bonds. The van der Waals surface area contributed by atoms with Crippen molar-refractivity contribution >= 4 is 53.2 Å². The normalized spacial score (nSPS) is 17.9. The summed E-state index contributed by atoms with van der Waals surface area (Å²) in [4.78, 5) is 70.8. The Bertz CT molecular complexity index is 1360. The van der Waals surface area contributed by atoms with Crippen LogP contribution in [0.3, 0.4) is 0 Å². The van der Waals surface area contributed by atoms with Crippen LogP contribution in [-0.2, 0) is 20.8 Å². The molecular weight excluding hydrogens is 642 g/mol. The van der Waals surface area contributed by atoms with E-state index in [9.17, 15) is 29.1 Å². The van der Waals surface area contributed by atoms with Crippen molar-refractivity contribution in [2.45, 2.75) is 97.3 Å².